The van der Waals surface area contributed by atoms with Crippen molar-refractivity contribution in [1.82, 2.24) is 20.2 Å². The summed E-state index contributed by atoms with van der Waals surface area (Å²) in [5.74, 6) is -1.13. The van der Waals surface area contributed by atoms with Crippen molar-refractivity contribution < 1.29 is 14.3 Å². The van der Waals surface area contributed by atoms with Crippen LogP contribution in [0.2, 0.25) is 0 Å². The minimum atomic E-state index is -0.938. The molecule has 1 aromatic carbocycles. The van der Waals surface area contributed by atoms with Crippen LogP contribution in [0.25, 0.3) is 5.69 Å². The van der Waals surface area contributed by atoms with Crippen molar-refractivity contribution in [2.75, 3.05) is 0 Å². The molecule has 0 aliphatic carbocycles. The molecule has 0 atom stereocenters. The minimum absolute atomic E-state index is 0.0804. The van der Waals surface area contributed by atoms with Crippen molar-refractivity contribution in [3.63, 3.8) is 0 Å². The van der Waals surface area contributed by atoms with E-state index < -0.39 is 11.8 Å². The van der Waals surface area contributed by atoms with E-state index >= 15 is 0 Å². The van der Waals surface area contributed by atoms with E-state index in [1.54, 1.807) is 12.1 Å². The maximum Gasteiger partial charge on any atom is 0.303 e. The number of halogens is 1. The number of carbonyl (C=O) groups is 1. The molecule has 2 rings (SSSR count). The van der Waals surface area contributed by atoms with Gasteiger partial charge in [-0.25, -0.2) is 4.39 Å². The molecule has 0 saturated heterocycles. The lowest BCUT2D eigenvalue weighted by molar-refractivity contribution is -0.137. The van der Waals surface area contributed by atoms with Gasteiger partial charge < -0.3 is 5.11 Å². The highest BCUT2D eigenvalue weighted by atomic mass is 19.1. The number of nitrogens with zero attached hydrogens (tertiary/aromatic N) is 4. The Bertz CT molecular complexity index is 541. The molecule has 0 bridgehead atoms. The Kier molecular flexibility index (Phi) is 3.08. The van der Waals surface area contributed by atoms with Crippen molar-refractivity contribution in [2.24, 2.45) is 0 Å². The van der Waals surface area contributed by atoms with Crippen LogP contribution in [0, 0.1) is 5.82 Å². The molecule has 0 fully saturated rings. The molecule has 1 N–H and O–H groups in total. The van der Waals surface area contributed by atoms with Gasteiger partial charge in [0.2, 0.25) is 0 Å². The van der Waals surface area contributed by atoms with E-state index in [1.807, 2.05) is 0 Å². The second-order valence-electron chi connectivity index (χ2n) is 3.34. The number of carboxylic acid groups (broad SMARTS) is 1. The maximum absolute atomic E-state index is 13.4. The molecule has 17 heavy (non-hydrogen) atoms. The number of carboxylic acids is 1. The number of benzene rings is 1. The van der Waals surface area contributed by atoms with E-state index in [2.05, 4.69) is 15.4 Å². The number of hydrogen-bond donors (Lipinski definition) is 1. The van der Waals surface area contributed by atoms with Crippen LogP contribution < -0.4 is 0 Å². The zero-order valence-corrected chi connectivity index (χ0v) is 8.75. The molecule has 6 nitrogen and oxygen atoms in total. The Labute approximate surface area is 95.7 Å². The summed E-state index contributed by atoms with van der Waals surface area (Å²) in [6, 6.07) is 6.01. The largest absolute Gasteiger partial charge is 0.481 e. The maximum atomic E-state index is 13.4. The highest BCUT2D eigenvalue weighted by molar-refractivity contribution is 5.66. The first-order valence-electron chi connectivity index (χ1n) is 4.92. The fourth-order valence-corrected chi connectivity index (χ4v) is 1.28. The number of aryl methyl sites for hydroxylation is 1. The molecular formula is C10H9FN4O2. The highest BCUT2D eigenvalue weighted by Gasteiger charge is 2.09. The Balaban J connectivity index is 2.18. The lowest BCUT2D eigenvalue weighted by atomic mass is 10.3. The summed E-state index contributed by atoms with van der Waals surface area (Å²) in [6.45, 7) is 0. The van der Waals surface area contributed by atoms with Crippen LogP contribution in [-0.4, -0.2) is 31.3 Å². The Morgan fingerprint density at radius 3 is 2.88 bits per heavy atom. The van der Waals surface area contributed by atoms with Gasteiger partial charge in [0.1, 0.15) is 5.69 Å². The second kappa shape index (κ2) is 4.69. The van der Waals surface area contributed by atoms with Crippen LogP contribution in [0.3, 0.4) is 0 Å². The first-order chi connectivity index (χ1) is 8.16. The minimum Gasteiger partial charge on any atom is -0.481 e. The van der Waals surface area contributed by atoms with Crippen LogP contribution in [-0.2, 0) is 11.2 Å². The Morgan fingerprint density at radius 2 is 2.18 bits per heavy atom. The predicted molar refractivity (Wildman–Crippen MR) is 55.1 cm³/mol. The average Bonchev–Trinajstić information content (AvgIpc) is 2.75. The summed E-state index contributed by atoms with van der Waals surface area (Å²) < 4.78 is 13.4. The molecule has 0 amide bonds. The summed E-state index contributed by atoms with van der Waals surface area (Å²) >= 11 is 0. The van der Waals surface area contributed by atoms with Crippen LogP contribution in [0.5, 0.6) is 0 Å². The molecule has 0 aliphatic rings. The van der Waals surface area contributed by atoms with Crippen molar-refractivity contribution in [3.05, 3.63) is 35.9 Å². The standard InChI is InChI=1S/C10H9FN4O2/c11-7-3-1-2-4-8(7)15-13-9(12-14-15)5-6-10(16)17/h1-4H,5-6H2,(H,16,17). The quantitative estimate of drug-likeness (QED) is 0.849. The smallest absolute Gasteiger partial charge is 0.303 e. The first kappa shape index (κ1) is 11.2. The normalized spacial score (nSPS) is 10.4. The number of hydrogen-bond acceptors (Lipinski definition) is 4. The Morgan fingerprint density at radius 1 is 1.41 bits per heavy atom. The number of tetrazole rings is 1. The van der Waals surface area contributed by atoms with Gasteiger partial charge in [0.25, 0.3) is 0 Å². The third kappa shape index (κ3) is 2.63. The van der Waals surface area contributed by atoms with Crippen LogP contribution in [0.4, 0.5) is 4.39 Å². The van der Waals surface area contributed by atoms with Gasteiger partial charge in [-0.3, -0.25) is 4.79 Å². The molecule has 0 aliphatic heterocycles. The van der Waals surface area contributed by atoms with Crippen molar-refractivity contribution in [2.45, 2.75) is 12.8 Å². The first-order valence-corrected chi connectivity index (χ1v) is 4.92. The molecule has 0 unspecified atom stereocenters. The molecule has 0 saturated carbocycles. The van der Waals surface area contributed by atoms with E-state index in [-0.39, 0.29) is 24.4 Å². The monoisotopic (exact) mass is 236 g/mol. The summed E-state index contributed by atoms with van der Waals surface area (Å²) in [6.07, 6.45) is 0.0900. The van der Waals surface area contributed by atoms with Crippen LogP contribution >= 0.6 is 0 Å². The molecule has 88 valence electrons. The predicted octanol–water partition coefficient (Wildman–Crippen LogP) is 0.819. The average molecular weight is 236 g/mol. The molecule has 1 aromatic heterocycles. The van der Waals surface area contributed by atoms with Gasteiger partial charge in [-0.05, 0) is 17.3 Å². The lowest BCUT2D eigenvalue weighted by Gasteiger charge is -1.98. The molecule has 7 heteroatoms. The number of aliphatic carboxylic acids is 1. The zero-order valence-electron chi connectivity index (χ0n) is 8.75. The van der Waals surface area contributed by atoms with Gasteiger partial charge in [0, 0.05) is 6.42 Å². The second-order valence-corrected chi connectivity index (χ2v) is 3.34. The fraction of sp³-hybridized carbons (Fsp3) is 0.200. The zero-order chi connectivity index (χ0) is 12.3. The van der Waals surface area contributed by atoms with Gasteiger partial charge in [0.15, 0.2) is 11.6 Å². The van der Waals surface area contributed by atoms with Gasteiger partial charge in [-0.15, -0.1) is 15.0 Å². The number of aromatic nitrogens is 4. The van der Waals surface area contributed by atoms with Crippen molar-refractivity contribution in [1.29, 1.82) is 0 Å². The van der Waals surface area contributed by atoms with Crippen molar-refractivity contribution in [3.8, 4) is 5.69 Å². The molecule has 0 radical (unpaired) electrons. The van der Waals surface area contributed by atoms with Gasteiger partial charge >= 0.3 is 5.97 Å². The fourth-order valence-electron chi connectivity index (χ4n) is 1.28. The topological polar surface area (TPSA) is 80.9 Å². The summed E-state index contributed by atoms with van der Waals surface area (Å²) in [7, 11) is 0. The molecule has 0 spiro atoms. The number of rotatable bonds is 4. The van der Waals surface area contributed by atoms with E-state index in [0.717, 1.165) is 4.80 Å². The molecule has 1 heterocycles. The lowest BCUT2D eigenvalue weighted by Crippen LogP contribution is -2.03. The van der Waals surface area contributed by atoms with E-state index in [1.165, 1.54) is 12.1 Å². The Hall–Kier alpha value is -2.31. The molecular weight excluding hydrogens is 227 g/mol. The summed E-state index contributed by atoms with van der Waals surface area (Å²) in [4.78, 5) is 11.4. The number of para-hydroxylation sites is 1. The molecule has 2 aromatic rings. The van der Waals surface area contributed by atoms with Gasteiger partial charge in [0.05, 0.1) is 6.42 Å². The van der Waals surface area contributed by atoms with Crippen LogP contribution in [0.1, 0.15) is 12.2 Å². The summed E-state index contributed by atoms with van der Waals surface area (Å²) in [5.41, 5.74) is 0.182. The summed E-state index contributed by atoms with van der Waals surface area (Å²) in [5, 5.41) is 19.7. The van der Waals surface area contributed by atoms with E-state index in [4.69, 9.17) is 5.11 Å². The third-order valence-electron chi connectivity index (χ3n) is 2.09. The highest BCUT2D eigenvalue weighted by Crippen LogP contribution is 2.09. The van der Waals surface area contributed by atoms with E-state index in [9.17, 15) is 9.18 Å². The van der Waals surface area contributed by atoms with Gasteiger partial charge in [-0.1, -0.05) is 12.1 Å². The SMILES string of the molecule is O=C(O)CCc1nnn(-c2ccccc2F)n1. The third-order valence-corrected chi connectivity index (χ3v) is 2.09. The van der Waals surface area contributed by atoms with Crippen molar-refractivity contribution >= 4 is 5.97 Å². The van der Waals surface area contributed by atoms with Crippen LogP contribution in [0.15, 0.2) is 24.3 Å². The van der Waals surface area contributed by atoms with E-state index in [0.29, 0.717) is 0 Å². The van der Waals surface area contributed by atoms with Gasteiger partial charge in [-0.2, -0.15) is 0 Å².